The van der Waals surface area contributed by atoms with E-state index in [1.54, 1.807) is 72.4 Å². The van der Waals surface area contributed by atoms with Gasteiger partial charge in [0.25, 0.3) is 0 Å². The largest absolute Gasteiger partial charge is 0.434 e. The second kappa shape index (κ2) is 15.3. The highest BCUT2D eigenvalue weighted by Crippen LogP contribution is 2.39. The summed E-state index contributed by atoms with van der Waals surface area (Å²) in [6, 6.07) is 6.77. The van der Waals surface area contributed by atoms with E-state index in [1.807, 2.05) is 25.8 Å². The van der Waals surface area contributed by atoms with Crippen LogP contribution in [0.4, 0.5) is 14.5 Å². The standard InChI is InChI=1S/C32H41F2N9O4S/c1-20(2)48-22-7-8-26(47-32(33)34)23(15-22)29-25(37-31(46)24-16-36-43-12-6-11-35-30(24)43)17-42(38-29)19-28(45)41-13-9-21(10-14-41)40(5)18-27(44)39(3)4/h6-8,11-12,15-17,20-21,31-32,37,46H,9-10,13-14,18-19H2,1-5H3. The molecule has 48 heavy (non-hydrogen) atoms. The quantitative estimate of drug-likeness (QED) is 0.158. The van der Waals surface area contributed by atoms with Crippen LogP contribution in [-0.2, 0) is 16.1 Å². The number of thioether (sulfide) groups is 1. The van der Waals surface area contributed by atoms with Crippen LogP contribution < -0.4 is 10.1 Å². The number of alkyl halides is 2. The number of rotatable bonds is 13. The van der Waals surface area contributed by atoms with Crippen molar-refractivity contribution in [1.82, 2.24) is 39.1 Å². The Balaban J connectivity index is 1.41. The molecule has 1 aromatic carbocycles. The Morgan fingerprint density at radius 3 is 2.62 bits per heavy atom. The number of benzene rings is 1. The van der Waals surface area contributed by atoms with Crippen molar-refractivity contribution in [3.63, 3.8) is 0 Å². The van der Waals surface area contributed by atoms with Crippen LogP contribution in [0.2, 0.25) is 0 Å². The number of likely N-dealkylation sites (N-methyl/N-ethyl adjacent to an activating group) is 2. The molecule has 4 aromatic rings. The van der Waals surface area contributed by atoms with Crippen molar-refractivity contribution in [3.05, 3.63) is 54.6 Å². The van der Waals surface area contributed by atoms with Gasteiger partial charge in [-0.05, 0) is 44.2 Å². The lowest BCUT2D eigenvalue weighted by molar-refractivity contribution is -0.135. The van der Waals surface area contributed by atoms with E-state index in [9.17, 15) is 23.5 Å². The van der Waals surface area contributed by atoms with E-state index in [0.29, 0.717) is 49.4 Å². The summed E-state index contributed by atoms with van der Waals surface area (Å²) in [5.41, 5.74) is 1.61. The molecular formula is C32H41F2N9O4S. The van der Waals surface area contributed by atoms with Crippen molar-refractivity contribution < 1.29 is 28.2 Å². The Morgan fingerprint density at radius 1 is 1.19 bits per heavy atom. The summed E-state index contributed by atoms with van der Waals surface area (Å²) in [4.78, 5) is 36.1. The van der Waals surface area contributed by atoms with Crippen molar-refractivity contribution in [2.75, 3.05) is 46.1 Å². The number of ether oxygens (including phenoxy) is 1. The Hall–Kier alpha value is -4.28. The molecule has 13 nitrogen and oxygen atoms in total. The molecule has 0 spiro atoms. The molecule has 1 saturated heterocycles. The Kier molecular flexibility index (Phi) is 11.2. The molecular weight excluding hydrogens is 644 g/mol. The van der Waals surface area contributed by atoms with Gasteiger partial charge in [-0.1, -0.05) is 13.8 Å². The van der Waals surface area contributed by atoms with E-state index >= 15 is 0 Å². The number of hydrogen-bond acceptors (Lipinski definition) is 10. The molecule has 0 radical (unpaired) electrons. The molecule has 1 aliphatic heterocycles. The van der Waals surface area contributed by atoms with E-state index in [2.05, 4.69) is 20.5 Å². The van der Waals surface area contributed by atoms with Crippen LogP contribution in [0.1, 0.15) is 38.5 Å². The summed E-state index contributed by atoms with van der Waals surface area (Å²) in [5, 5.41) is 23.4. The van der Waals surface area contributed by atoms with Gasteiger partial charge in [0.2, 0.25) is 11.8 Å². The molecule has 258 valence electrons. The van der Waals surface area contributed by atoms with Crippen LogP contribution in [0, 0.1) is 0 Å². The molecule has 1 unspecified atom stereocenters. The third kappa shape index (κ3) is 8.41. The number of carbonyl (C=O) groups is 2. The minimum absolute atomic E-state index is 0.0216. The molecule has 4 heterocycles. The van der Waals surface area contributed by atoms with Gasteiger partial charge in [0.15, 0.2) is 11.9 Å². The SMILES string of the molecule is CC(C)Sc1ccc(OC(F)F)c(-c2nn(CC(=O)N3CCC(N(C)CC(=O)N(C)C)CC3)cc2NC(O)c2cnn3cccnc23)c1. The Morgan fingerprint density at radius 2 is 1.94 bits per heavy atom. The van der Waals surface area contributed by atoms with Gasteiger partial charge in [-0.2, -0.15) is 19.0 Å². The fourth-order valence-corrected chi connectivity index (χ4v) is 6.46. The third-order valence-corrected chi connectivity index (χ3v) is 9.07. The summed E-state index contributed by atoms with van der Waals surface area (Å²) >= 11 is 1.54. The molecule has 0 aliphatic carbocycles. The number of aliphatic hydroxyl groups is 1. The summed E-state index contributed by atoms with van der Waals surface area (Å²) < 4.78 is 34.9. The molecule has 0 saturated carbocycles. The average molecular weight is 686 g/mol. The lowest BCUT2D eigenvalue weighted by atomic mass is 10.0. The van der Waals surface area contributed by atoms with Crippen LogP contribution in [-0.4, -0.2) is 115 Å². The monoisotopic (exact) mass is 685 g/mol. The van der Waals surface area contributed by atoms with Crippen LogP contribution in [0.3, 0.4) is 0 Å². The fraction of sp³-hybridized carbons (Fsp3) is 0.469. The number of amides is 2. The topological polar surface area (TPSA) is 133 Å². The minimum atomic E-state index is -3.08. The van der Waals surface area contributed by atoms with Crippen LogP contribution in [0.15, 0.2) is 53.9 Å². The molecule has 1 atom stereocenters. The van der Waals surface area contributed by atoms with Gasteiger partial charge in [-0.3, -0.25) is 19.2 Å². The lowest BCUT2D eigenvalue weighted by Gasteiger charge is -2.36. The summed E-state index contributed by atoms with van der Waals surface area (Å²) in [7, 11) is 5.37. The maximum Gasteiger partial charge on any atom is 0.387 e. The number of piperidine rings is 1. The predicted molar refractivity (Wildman–Crippen MR) is 178 cm³/mol. The van der Waals surface area contributed by atoms with Crippen LogP contribution >= 0.6 is 11.8 Å². The fourth-order valence-electron chi connectivity index (χ4n) is 5.59. The van der Waals surface area contributed by atoms with Gasteiger partial charge in [0.1, 0.15) is 18.0 Å². The normalized spacial score (nSPS) is 14.7. The highest BCUT2D eigenvalue weighted by atomic mass is 32.2. The first kappa shape index (κ1) is 35.0. The predicted octanol–water partition coefficient (Wildman–Crippen LogP) is 3.81. The number of fused-ring (bicyclic) bond motifs is 1. The maximum atomic E-state index is 13.5. The number of likely N-dealkylation sites (tertiary alicyclic amines) is 1. The highest BCUT2D eigenvalue weighted by molar-refractivity contribution is 7.99. The number of carbonyl (C=O) groups excluding carboxylic acids is 2. The van der Waals surface area contributed by atoms with Crippen molar-refractivity contribution >= 4 is 34.9 Å². The Labute approximate surface area is 281 Å². The number of anilines is 1. The maximum absolute atomic E-state index is 13.5. The lowest BCUT2D eigenvalue weighted by Crippen LogP contribution is -2.48. The molecule has 2 N–H and O–H groups in total. The van der Waals surface area contributed by atoms with E-state index in [4.69, 9.17) is 4.74 Å². The van der Waals surface area contributed by atoms with Gasteiger partial charge in [0, 0.05) is 67.5 Å². The van der Waals surface area contributed by atoms with E-state index in [0.717, 1.165) is 4.90 Å². The molecule has 16 heteroatoms. The van der Waals surface area contributed by atoms with Gasteiger partial charge in [0.05, 0.1) is 24.0 Å². The van der Waals surface area contributed by atoms with E-state index in [-0.39, 0.29) is 46.7 Å². The van der Waals surface area contributed by atoms with Crippen molar-refractivity contribution in [2.45, 2.75) is 62.3 Å². The average Bonchev–Trinajstić information content (AvgIpc) is 3.65. The van der Waals surface area contributed by atoms with Gasteiger partial charge in [-0.15, -0.1) is 11.8 Å². The van der Waals surface area contributed by atoms with Crippen molar-refractivity contribution in [2.24, 2.45) is 0 Å². The third-order valence-electron chi connectivity index (χ3n) is 8.07. The number of halogens is 2. The molecule has 5 rings (SSSR count). The summed E-state index contributed by atoms with van der Waals surface area (Å²) in [5.74, 6) is -0.237. The Bertz CT molecular complexity index is 1720. The number of aliphatic hydroxyl groups excluding tert-OH is 1. The van der Waals surface area contributed by atoms with Crippen LogP contribution in [0.5, 0.6) is 5.75 Å². The highest BCUT2D eigenvalue weighted by Gasteiger charge is 2.28. The van der Waals surface area contributed by atoms with Gasteiger partial charge < -0.3 is 25.0 Å². The molecule has 3 aromatic heterocycles. The number of hydrogen-bond donors (Lipinski definition) is 2. The van der Waals surface area contributed by atoms with Crippen molar-refractivity contribution in [3.8, 4) is 17.0 Å². The second-order valence-electron chi connectivity index (χ2n) is 12.1. The zero-order valence-electron chi connectivity index (χ0n) is 27.6. The zero-order valence-corrected chi connectivity index (χ0v) is 28.4. The summed E-state index contributed by atoms with van der Waals surface area (Å²) in [6.45, 7) is 2.19. The molecule has 1 aliphatic rings. The molecule has 1 fully saturated rings. The smallest absolute Gasteiger partial charge is 0.387 e. The first-order valence-corrected chi connectivity index (χ1v) is 16.5. The zero-order chi connectivity index (χ0) is 34.5. The number of aromatic nitrogens is 5. The van der Waals surface area contributed by atoms with Crippen LogP contribution in [0.25, 0.3) is 16.9 Å². The van der Waals surface area contributed by atoms with Crippen molar-refractivity contribution in [1.29, 1.82) is 0 Å². The number of nitrogens with one attached hydrogen (secondary N) is 1. The molecule has 2 amide bonds. The second-order valence-corrected chi connectivity index (χ2v) is 13.8. The van der Waals surface area contributed by atoms with Gasteiger partial charge >= 0.3 is 6.61 Å². The summed E-state index contributed by atoms with van der Waals surface area (Å²) in [6.07, 6.45) is 6.46. The minimum Gasteiger partial charge on any atom is -0.434 e. The van der Waals surface area contributed by atoms with Gasteiger partial charge in [-0.25, -0.2) is 9.50 Å². The van der Waals surface area contributed by atoms with E-state index in [1.165, 1.54) is 21.5 Å². The number of nitrogens with zero attached hydrogens (tertiary/aromatic N) is 8. The van der Waals surface area contributed by atoms with E-state index < -0.39 is 12.8 Å². The first-order chi connectivity index (χ1) is 22.9. The first-order valence-electron chi connectivity index (χ1n) is 15.6. The molecule has 0 bridgehead atoms.